The lowest BCUT2D eigenvalue weighted by molar-refractivity contribution is 0.298. The van der Waals surface area contributed by atoms with E-state index in [1.807, 2.05) is 12.1 Å². The molecule has 3 heteroatoms. The highest BCUT2D eigenvalue weighted by Crippen LogP contribution is 2.32. The Labute approximate surface area is 170 Å². The number of nitrogens with zero attached hydrogens (tertiary/aromatic N) is 2. The van der Waals surface area contributed by atoms with E-state index in [9.17, 15) is 0 Å². The normalized spacial score (nSPS) is 11.0. The Kier molecular flexibility index (Phi) is 4.63. The highest BCUT2D eigenvalue weighted by atomic mass is 16.5. The van der Waals surface area contributed by atoms with Gasteiger partial charge in [-0.05, 0) is 54.1 Å². The molecule has 29 heavy (non-hydrogen) atoms. The first kappa shape index (κ1) is 17.4. The van der Waals surface area contributed by atoms with Gasteiger partial charge in [-0.2, -0.15) is 0 Å². The summed E-state index contributed by atoms with van der Waals surface area (Å²) in [7, 11) is 0. The topological polar surface area (TPSA) is 19.1 Å². The van der Waals surface area contributed by atoms with Gasteiger partial charge in [0.05, 0.1) is 17.8 Å². The van der Waals surface area contributed by atoms with Crippen LogP contribution in [0.1, 0.15) is 0 Å². The Morgan fingerprint density at radius 1 is 0.690 bits per heavy atom. The second-order valence-electron chi connectivity index (χ2n) is 7.05. The fourth-order valence-electron chi connectivity index (χ4n) is 3.73. The molecule has 0 radical (unpaired) electrons. The molecular weight excluding hydrogens is 356 g/mol. The van der Waals surface area contributed by atoms with Gasteiger partial charge in [-0.3, -0.25) is 0 Å². The molecule has 0 saturated heterocycles. The molecule has 142 valence electrons. The van der Waals surface area contributed by atoms with Crippen LogP contribution in [0.15, 0.2) is 109 Å². The number of hydrogen-bond acceptors (Lipinski definition) is 1. The van der Waals surface area contributed by atoms with Crippen LogP contribution in [0.5, 0.6) is 5.75 Å². The maximum atomic E-state index is 5.92. The van der Waals surface area contributed by atoms with Crippen molar-refractivity contribution in [2.24, 2.45) is 0 Å². The number of hydrogen-bond donors (Lipinski definition) is 0. The van der Waals surface area contributed by atoms with Crippen LogP contribution in [-0.2, 0) is 6.54 Å². The van der Waals surface area contributed by atoms with Crippen molar-refractivity contribution in [3.63, 3.8) is 0 Å². The molecular formula is C26H22N2O. The van der Waals surface area contributed by atoms with Gasteiger partial charge in [0.25, 0.3) is 0 Å². The molecule has 2 heterocycles. The minimum Gasteiger partial charge on any atom is -0.492 e. The zero-order valence-electron chi connectivity index (χ0n) is 16.1. The molecule has 0 unspecified atom stereocenters. The van der Waals surface area contributed by atoms with Crippen LogP contribution in [0.2, 0.25) is 0 Å². The molecule has 3 nitrogen and oxygen atoms in total. The maximum Gasteiger partial charge on any atom is 0.119 e. The molecule has 0 spiro atoms. The third-order valence-corrected chi connectivity index (χ3v) is 5.16. The summed E-state index contributed by atoms with van der Waals surface area (Å²) in [6.07, 6.45) is 4.10. The fraction of sp³-hybridized carbons (Fsp3) is 0.0769. The van der Waals surface area contributed by atoms with Crippen LogP contribution >= 0.6 is 0 Å². The van der Waals surface area contributed by atoms with Crippen molar-refractivity contribution in [1.82, 2.24) is 9.13 Å². The first-order valence-corrected chi connectivity index (χ1v) is 9.88. The second-order valence-corrected chi connectivity index (χ2v) is 7.05. The SMILES string of the molecule is c1ccc(-c2cc3ccccc3n2-c2ccc(OCCn3cccc3)cc2)cc1. The Morgan fingerprint density at radius 2 is 1.41 bits per heavy atom. The van der Waals surface area contributed by atoms with Crippen LogP contribution in [0.3, 0.4) is 0 Å². The number of para-hydroxylation sites is 1. The van der Waals surface area contributed by atoms with Crippen LogP contribution in [0.25, 0.3) is 27.8 Å². The monoisotopic (exact) mass is 378 g/mol. The zero-order chi connectivity index (χ0) is 19.5. The van der Waals surface area contributed by atoms with Gasteiger partial charge in [0, 0.05) is 23.5 Å². The summed E-state index contributed by atoms with van der Waals surface area (Å²) < 4.78 is 10.4. The van der Waals surface area contributed by atoms with E-state index in [4.69, 9.17) is 4.74 Å². The van der Waals surface area contributed by atoms with Crippen molar-refractivity contribution in [2.75, 3.05) is 6.61 Å². The predicted molar refractivity (Wildman–Crippen MR) is 119 cm³/mol. The lowest BCUT2D eigenvalue weighted by atomic mass is 10.1. The molecule has 0 amide bonds. The molecule has 0 bridgehead atoms. The molecule has 5 aromatic rings. The van der Waals surface area contributed by atoms with Gasteiger partial charge in [0.15, 0.2) is 0 Å². The Morgan fingerprint density at radius 3 is 2.21 bits per heavy atom. The number of benzene rings is 3. The van der Waals surface area contributed by atoms with Crippen molar-refractivity contribution >= 4 is 10.9 Å². The molecule has 5 rings (SSSR count). The van der Waals surface area contributed by atoms with E-state index in [2.05, 4.69) is 106 Å². The van der Waals surface area contributed by atoms with Gasteiger partial charge in [-0.15, -0.1) is 0 Å². The lowest BCUT2D eigenvalue weighted by Crippen LogP contribution is -2.06. The number of rotatable bonds is 6. The number of fused-ring (bicyclic) bond motifs is 1. The standard InChI is InChI=1S/C26H22N2O/c1-2-8-21(9-3-1)26-20-22-10-4-5-11-25(22)28(26)23-12-14-24(15-13-23)29-19-18-27-16-6-7-17-27/h1-17,20H,18-19H2. The Balaban J connectivity index is 1.45. The van der Waals surface area contributed by atoms with E-state index in [0.717, 1.165) is 18.0 Å². The highest BCUT2D eigenvalue weighted by Gasteiger charge is 2.12. The van der Waals surface area contributed by atoms with Gasteiger partial charge < -0.3 is 13.9 Å². The van der Waals surface area contributed by atoms with Crippen LogP contribution in [0.4, 0.5) is 0 Å². The molecule has 0 saturated carbocycles. The van der Waals surface area contributed by atoms with Crippen molar-refractivity contribution < 1.29 is 4.74 Å². The third kappa shape index (κ3) is 3.55. The average molecular weight is 378 g/mol. The first-order valence-electron chi connectivity index (χ1n) is 9.88. The molecule has 0 fully saturated rings. The van der Waals surface area contributed by atoms with E-state index in [1.54, 1.807) is 0 Å². The molecule has 3 aromatic carbocycles. The maximum absolute atomic E-state index is 5.92. The first-order chi connectivity index (χ1) is 14.4. The summed E-state index contributed by atoms with van der Waals surface area (Å²) >= 11 is 0. The van der Waals surface area contributed by atoms with Crippen LogP contribution < -0.4 is 4.74 Å². The number of aromatic nitrogens is 2. The van der Waals surface area contributed by atoms with Gasteiger partial charge in [-0.1, -0.05) is 48.5 Å². The summed E-state index contributed by atoms with van der Waals surface area (Å²) in [5.41, 5.74) is 4.72. The van der Waals surface area contributed by atoms with Crippen molar-refractivity contribution in [1.29, 1.82) is 0 Å². The van der Waals surface area contributed by atoms with Crippen molar-refractivity contribution in [3.8, 4) is 22.7 Å². The highest BCUT2D eigenvalue weighted by molar-refractivity contribution is 5.89. The number of ether oxygens (including phenoxy) is 1. The fourth-order valence-corrected chi connectivity index (χ4v) is 3.73. The van der Waals surface area contributed by atoms with Crippen LogP contribution in [0, 0.1) is 0 Å². The predicted octanol–water partition coefficient (Wildman–Crippen LogP) is 6.18. The van der Waals surface area contributed by atoms with E-state index >= 15 is 0 Å². The van der Waals surface area contributed by atoms with E-state index in [1.165, 1.54) is 22.2 Å². The van der Waals surface area contributed by atoms with Gasteiger partial charge >= 0.3 is 0 Å². The minimum atomic E-state index is 0.649. The molecule has 0 atom stereocenters. The van der Waals surface area contributed by atoms with E-state index in [0.29, 0.717) is 6.61 Å². The summed E-state index contributed by atoms with van der Waals surface area (Å²) in [5, 5.41) is 1.23. The van der Waals surface area contributed by atoms with Crippen LogP contribution in [-0.4, -0.2) is 15.7 Å². The largest absolute Gasteiger partial charge is 0.492 e. The van der Waals surface area contributed by atoms with E-state index < -0.39 is 0 Å². The molecule has 0 aliphatic rings. The molecule has 0 aliphatic carbocycles. The molecule has 0 N–H and O–H groups in total. The Bertz CT molecular complexity index is 1200. The Hall–Kier alpha value is -3.72. The van der Waals surface area contributed by atoms with Gasteiger partial charge in [0.1, 0.15) is 12.4 Å². The quantitative estimate of drug-likeness (QED) is 0.345. The summed E-state index contributed by atoms with van der Waals surface area (Å²) in [6, 6.07) is 33.7. The molecule has 0 aliphatic heterocycles. The van der Waals surface area contributed by atoms with Crippen molar-refractivity contribution in [2.45, 2.75) is 6.54 Å². The average Bonchev–Trinajstić information content (AvgIpc) is 3.43. The van der Waals surface area contributed by atoms with Crippen molar-refractivity contribution in [3.05, 3.63) is 109 Å². The summed E-state index contributed by atoms with van der Waals surface area (Å²) in [4.78, 5) is 0. The lowest BCUT2D eigenvalue weighted by Gasteiger charge is -2.13. The second kappa shape index (κ2) is 7.72. The molecule has 2 aromatic heterocycles. The summed E-state index contributed by atoms with van der Waals surface area (Å²) in [6.45, 7) is 1.49. The van der Waals surface area contributed by atoms with Gasteiger partial charge in [0.2, 0.25) is 0 Å². The zero-order valence-corrected chi connectivity index (χ0v) is 16.1. The smallest absolute Gasteiger partial charge is 0.119 e. The van der Waals surface area contributed by atoms with Gasteiger partial charge in [-0.25, -0.2) is 0 Å². The minimum absolute atomic E-state index is 0.649. The third-order valence-electron chi connectivity index (χ3n) is 5.16. The van der Waals surface area contributed by atoms with E-state index in [-0.39, 0.29) is 0 Å². The summed E-state index contributed by atoms with van der Waals surface area (Å²) in [5.74, 6) is 0.888.